The van der Waals surface area contributed by atoms with E-state index >= 15 is 0 Å². The Morgan fingerprint density at radius 3 is 1.92 bits per heavy atom. The average molecular weight is 357 g/mol. The van der Waals surface area contributed by atoms with Gasteiger partial charge in [0.05, 0.1) is 0 Å². The van der Waals surface area contributed by atoms with Gasteiger partial charge in [-0.25, -0.2) is 0 Å². The Hall–Kier alpha value is -2.84. The maximum absolute atomic E-state index is 8.70. The van der Waals surface area contributed by atoms with E-state index in [1.807, 2.05) is 0 Å². The Morgan fingerprint density at radius 2 is 1.19 bits per heavy atom. The summed E-state index contributed by atoms with van der Waals surface area (Å²) in [5, 5.41) is 11.0. The molecule has 0 spiro atoms. The van der Waals surface area contributed by atoms with Crippen molar-refractivity contribution < 1.29 is 14.4 Å². The molecule has 0 unspecified atom stereocenters. The van der Waals surface area contributed by atoms with Crippen LogP contribution < -0.4 is 0 Å². The Kier molecular flexibility index (Phi) is 3.31. The van der Waals surface area contributed by atoms with Gasteiger partial charge in [-0.05, 0) is 78.5 Å². The molecule has 3 nitrogen and oxygen atoms in total. The van der Waals surface area contributed by atoms with Gasteiger partial charge in [0.1, 0.15) is 0 Å². The van der Waals surface area contributed by atoms with E-state index in [0.717, 1.165) is 0 Å². The van der Waals surface area contributed by atoms with Crippen LogP contribution in [0.4, 0.5) is 0 Å². The molecule has 4 heteroatoms. The standard InChI is InChI=1S/C22H12.HO3P/c1-2-6-14-10-18-16(9-13(14)5-1)12-20-21-17-8-4-3-7-15(17)11-19(18)22(20)21;1-4(2)3/h1-12H;(H-,1,2,3)/p+1. The van der Waals surface area contributed by atoms with Crippen LogP contribution in [0, 0.1) is 0 Å². The second-order valence-electron chi connectivity index (χ2n) is 6.49. The van der Waals surface area contributed by atoms with E-state index in [1.165, 1.54) is 54.2 Å². The number of hydrogen-bond acceptors (Lipinski definition) is 1. The predicted octanol–water partition coefficient (Wildman–Crippen LogP) is 5.91. The first-order valence-corrected chi connectivity index (χ1v) is 9.46. The minimum absolute atomic E-state index is 1.32. The highest BCUT2D eigenvalue weighted by Crippen LogP contribution is 2.54. The minimum atomic E-state index is -2.87. The third-order valence-electron chi connectivity index (χ3n) is 5.03. The molecule has 0 aliphatic heterocycles. The number of benzene rings is 5. The molecule has 0 atom stereocenters. The largest absolute Gasteiger partial charge is 0.692 e. The molecule has 0 radical (unpaired) electrons. The molecule has 0 bridgehead atoms. The van der Waals surface area contributed by atoms with Gasteiger partial charge in [0, 0.05) is 4.57 Å². The summed E-state index contributed by atoms with van der Waals surface area (Å²) in [5.74, 6) is 0. The van der Waals surface area contributed by atoms with Crippen LogP contribution in [0.15, 0.2) is 72.8 Å². The molecule has 1 aliphatic carbocycles. The van der Waals surface area contributed by atoms with Gasteiger partial charge in [0.25, 0.3) is 0 Å². The molecule has 0 saturated heterocycles. The van der Waals surface area contributed by atoms with Gasteiger partial charge in [-0.2, -0.15) is 0 Å². The molecule has 0 amide bonds. The van der Waals surface area contributed by atoms with E-state index < -0.39 is 8.25 Å². The Balaban J connectivity index is 0.000000344. The van der Waals surface area contributed by atoms with Crippen molar-refractivity contribution in [1.82, 2.24) is 0 Å². The number of hydrogen-bond donors (Lipinski definition) is 2. The third kappa shape index (κ3) is 2.30. The number of rotatable bonds is 0. The molecule has 5 aromatic carbocycles. The zero-order chi connectivity index (χ0) is 17.8. The van der Waals surface area contributed by atoms with Gasteiger partial charge in [-0.3, -0.25) is 0 Å². The zero-order valence-electron chi connectivity index (χ0n) is 13.7. The first-order chi connectivity index (χ1) is 12.6. The van der Waals surface area contributed by atoms with Crippen molar-refractivity contribution in [2.24, 2.45) is 0 Å². The summed E-state index contributed by atoms with van der Waals surface area (Å²) < 4.78 is 8.70. The normalized spacial score (nSPS) is 11.6. The van der Waals surface area contributed by atoms with Crippen LogP contribution in [0.5, 0.6) is 0 Å². The average Bonchev–Trinajstić information content (AvgIpc) is 3.35. The zero-order valence-corrected chi connectivity index (χ0v) is 14.6. The predicted molar refractivity (Wildman–Crippen MR) is 108 cm³/mol. The Bertz CT molecular complexity index is 1360. The summed E-state index contributed by atoms with van der Waals surface area (Å²) >= 11 is 0. The maximum Gasteiger partial charge on any atom is 0.692 e. The van der Waals surface area contributed by atoms with Crippen molar-refractivity contribution >= 4 is 51.3 Å². The van der Waals surface area contributed by atoms with E-state index in [-0.39, 0.29) is 0 Å². The highest BCUT2D eigenvalue weighted by Gasteiger charge is 2.26. The molecule has 2 N–H and O–H groups in total. The second kappa shape index (κ2) is 5.58. The minimum Gasteiger partial charge on any atom is -0.134 e. The quantitative estimate of drug-likeness (QED) is 0.202. The van der Waals surface area contributed by atoms with Crippen molar-refractivity contribution in [3.63, 3.8) is 0 Å². The fourth-order valence-electron chi connectivity index (χ4n) is 3.96. The molecule has 124 valence electrons. The summed E-state index contributed by atoms with van der Waals surface area (Å²) in [6, 6.07) is 26.8. The van der Waals surface area contributed by atoms with Crippen LogP contribution in [0.2, 0.25) is 0 Å². The summed E-state index contributed by atoms with van der Waals surface area (Å²) in [7, 11) is -2.87. The first kappa shape index (κ1) is 15.4. The van der Waals surface area contributed by atoms with E-state index in [1.54, 1.807) is 0 Å². The van der Waals surface area contributed by atoms with Crippen molar-refractivity contribution in [2.45, 2.75) is 0 Å². The lowest BCUT2D eigenvalue weighted by atomic mass is 10.0. The lowest BCUT2D eigenvalue weighted by Crippen LogP contribution is -1.76. The van der Waals surface area contributed by atoms with Crippen LogP contribution in [-0.2, 0) is 4.57 Å². The van der Waals surface area contributed by atoms with Crippen LogP contribution in [0.1, 0.15) is 0 Å². The lowest BCUT2D eigenvalue weighted by Gasteiger charge is -2.03. The Labute approximate surface area is 150 Å². The van der Waals surface area contributed by atoms with Crippen molar-refractivity contribution in [3.8, 4) is 11.1 Å². The molecule has 5 aromatic rings. The summed E-state index contributed by atoms with van der Waals surface area (Å²) in [4.78, 5) is 14.2. The topological polar surface area (TPSA) is 57.5 Å². The first-order valence-electron chi connectivity index (χ1n) is 8.30. The smallest absolute Gasteiger partial charge is 0.134 e. The molecule has 26 heavy (non-hydrogen) atoms. The van der Waals surface area contributed by atoms with Crippen LogP contribution in [0.3, 0.4) is 0 Å². The second-order valence-corrected chi connectivity index (χ2v) is 7.00. The lowest BCUT2D eigenvalue weighted by molar-refractivity contribution is 0.405. The maximum atomic E-state index is 8.70. The van der Waals surface area contributed by atoms with Crippen molar-refractivity contribution in [3.05, 3.63) is 72.8 Å². The molecule has 1 aliphatic rings. The van der Waals surface area contributed by atoms with Gasteiger partial charge in [-0.15, -0.1) is 9.79 Å². The highest BCUT2D eigenvalue weighted by molar-refractivity contribution is 7.30. The van der Waals surface area contributed by atoms with Gasteiger partial charge >= 0.3 is 8.25 Å². The Morgan fingerprint density at radius 1 is 0.615 bits per heavy atom. The van der Waals surface area contributed by atoms with Crippen molar-refractivity contribution in [2.75, 3.05) is 0 Å². The van der Waals surface area contributed by atoms with Gasteiger partial charge in [0.15, 0.2) is 0 Å². The number of fused-ring (bicyclic) bond motifs is 6. The fourth-order valence-corrected chi connectivity index (χ4v) is 3.96. The summed E-state index contributed by atoms with van der Waals surface area (Å²) in [5.41, 5.74) is 2.91. The molecular weight excluding hydrogens is 343 g/mol. The fraction of sp³-hybridized carbons (Fsp3) is 0. The monoisotopic (exact) mass is 357 g/mol. The molecule has 0 saturated carbocycles. The van der Waals surface area contributed by atoms with Crippen LogP contribution in [-0.4, -0.2) is 9.79 Å². The molecule has 6 rings (SSSR count). The van der Waals surface area contributed by atoms with E-state index in [0.29, 0.717) is 0 Å². The van der Waals surface area contributed by atoms with Crippen LogP contribution >= 0.6 is 8.25 Å². The summed E-state index contributed by atoms with van der Waals surface area (Å²) in [6.45, 7) is 0. The van der Waals surface area contributed by atoms with E-state index in [2.05, 4.69) is 72.8 Å². The highest BCUT2D eigenvalue weighted by atomic mass is 31.1. The third-order valence-corrected chi connectivity index (χ3v) is 5.03. The van der Waals surface area contributed by atoms with Gasteiger partial charge in [0.2, 0.25) is 0 Å². The summed E-state index contributed by atoms with van der Waals surface area (Å²) in [6.07, 6.45) is 0. The molecule has 0 fully saturated rings. The van der Waals surface area contributed by atoms with E-state index in [9.17, 15) is 0 Å². The molecular formula is C22H14O3P+. The van der Waals surface area contributed by atoms with Crippen molar-refractivity contribution in [1.29, 1.82) is 0 Å². The van der Waals surface area contributed by atoms with E-state index in [4.69, 9.17) is 14.4 Å². The molecule has 0 aromatic heterocycles. The van der Waals surface area contributed by atoms with Crippen LogP contribution in [0.25, 0.3) is 54.2 Å². The van der Waals surface area contributed by atoms with Gasteiger partial charge in [-0.1, -0.05) is 48.5 Å². The molecule has 0 heterocycles. The van der Waals surface area contributed by atoms with Gasteiger partial charge < -0.3 is 0 Å². The SMILES string of the molecule is O=[P+](O)O.c1ccc2cc3c(cc4c5c-4c4ccccc4cc53)cc2c1.